The Hall–Kier alpha value is -2.85. The number of aromatic nitrogens is 2. The highest BCUT2D eigenvalue weighted by Gasteiger charge is 2.15. The lowest BCUT2D eigenvalue weighted by Gasteiger charge is -2.16. The second-order valence-corrected chi connectivity index (χ2v) is 8.50. The number of rotatable bonds is 4. The van der Waals surface area contributed by atoms with Gasteiger partial charge in [0.25, 0.3) is 5.56 Å². The molecule has 0 aliphatic carbocycles. The fourth-order valence-corrected chi connectivity index (χ4v) is 4.64. The number of nitrogens with zero attached hydrogens (tertiary/aromatic N) is 2. The highest BCUT2D eigenvalue weighted by molar-refractivity contribution is 7.98. The summed E-state index contributed by atoms with van der Waals surface area (Å²) in [7, 11) is 0. The van der Waals surface area contributed by atoms with Gasteiger partial charge in [-0.25, -0.2) is 4.98 Å². The van der Waals surface area contributed by atoms with Crippen LogP contribution in [0.25, 0.3) is 16.6 Å². The third-order valence-corrected chi connectivity index (χ3v) is 6.19. The van der Waals surface area contributed by atoms with Gasteiger partial charge in [-0.1, -0.05) is 65.4 Å². The molecule has 146 valence electrons. The number of aryl methyl sites for hydroxylation is 4. The first-order valence-corrected chi connectivity index (χ1v) is 10.7. The van der Waals surface area contributed by atoms with Gasteiger partial charge < -0.3 is 0 Å². The molecule has 4 rings (SSSR count). The Balaban J connectivity index is 1.87. The summed E-state index contributed by atoms with van der Waals surface area (Å²) < 4.78 is 1.77. The fourth-order valence-electron chi connectivity index (χ4n) is 3.58. The monoisotopic (exact) mass is 400 g/mol. The van der Waals surface area contributed by atoms with Crippen LogP contribution in [0.1, 0.15) is 27.8 Å². The van der Waals surface area contributed by atoms with Crippen molar-refractivity contribution in [1.29, 1.82) is 0 Å². The molecule has 0 amide bonds. The average molecular weight is 401 g/mol. The van der Waals surface area contributed by atoms with E-state index in [-0.39, 0.29) is 5.56 Å². The molecule has 3 aromatic carbocycles. The molecule has 0 N–H and O–H groups in total. The molecule has 0 saturated heterocycles. The van der Waals surface area contributed by atoms with Gasteiger partial charge in [0.2, 0.25) is 0 Å². The third kappa shape index (κ3) is 3.85. The largest absolute Gasteiger partial charge is 0.268 e. The van der Waals surface area contributed by atoms with Gasteiger partial charge in [-0.2, -0.15) is 0 Å². The second-order valence-electron chi connectivity index (χ2n) is 7.56. The molecule has 0 bridgehead atoms. The SMILES string of the molecule is Cc1ccc(-n2c(SCc3cc(C)ccc3C)nc3ccccc3c2=O)c(C)c1. The maximum absolute atomic E-state index is 13.4. The lowest BCUT2D eigenvalue weighted by Crippen LogP contribution is -2.22. The Bertz CT molecular complexity index is 1270. The van der Waals surface area contributed by atoms with E-state index < -0.39 is 0 Å². The summed E-state index contributed by atoms with van der Waals surface area (Å²) >= 11 is 1.61. The zero-order valence-corrected chi connectivity index (χ0v) is 18.0. The fraction of sp³-hybridized carbons (Fsp3) is 0.200. The molecule has 1 aromatic heterocycles. The Morgan fingerprint density at radius 1 is 0.862 bits per heavy atom. The van der Waals surface area contributed by atoms with Crippen LogP contribution in [0, 0.1) is 27.7 Å². The molecule has 0 radical (unpaired) electrons. The van der Waals surface area contributed by atoms with Crippen LogP contribution in [-0.2, 0) is 5.75 Å². The van der Waals surface area contributed by atoms with Gasteiger partial charge in [0.1, 0.15) is 0 Å². The van der Waals surface area contributed by atoms with Crippen molar-refractivity contribution in [3.8, 4) is 5.69 Å². The lowest BCUT2D eigenvalue weighted by atomic mass is 10.1. The van der Waals surface area contributed by atoms with Crippen LogP contribution in [-0.4, -0.2) is 9.55 Å². The zero-order chi connectivity index (χ0) is 20.5. The smallest absolute Gasteiger partial charge is 0.266 e. The van der Waals surface area contributed by atoms with E-state index in [4.69, 9.17) is 4.98 Å². The molecule has 0 saturated carbocycles. The Labute approximate surface area is 175 Å². The number of hydrogen-bond acceptors (Lipinski definition) is 3. The van der Waals surface area contributed by atoms with E-state index in [1.807, 2.05) is 43.3 Å². The van der Waals surface area contributed by atoms with Gasteiger partial charge in [0.05, 0.1) is 16.6 Å². The zero-order valence-electron chi connectivity index (χ0n) is 17.2. The van der Waals surface area contributed by atoms with Gasteiger partial charge in [-0.05, 0) is 62.6 Å². The molecule has 3 nitrogen and oxygen atoms in total. The molecule has 1 heterocycles. The van der Waals surface area contributed by atoms with Crippen LogP contribution in [0.15, 0.2) is 70.6 Å². The lowest BCUT2D eigenvalue weighted by molar-refractivity contribution is 0.814. The highest BCUT2D eigenvalue weighted by atomic mass is 32.2. The minimum Gasteiger partial charge on any atom is -0.268 e. The molecule has 4 aromatic rings. The average Bonchev–Trinajstić information content (AvgIpc) is 2.70. The van der Waals surface area contributed by atoms with Gasteiger partial charge in [0.15, 0.2) is 5.16 Å². The van der Waals surface area contributed by atoms with Crippen molar-refractivity contribution >= 4 is 22.7 Å². The van der Waals surface area contributed by atoms with E-state index >= 15 is 0 Å². The summed E-state index contributed by atoms with van der Waals surface area (Å²) in [6.45, 7) is 8.34. The second kappa shape index (κ2) is 7.88. The van der Waals surface area contributed by atoms with Gasteiger partial charge in [-0.15, -0.1) is 0 Å². The van der Waals surface area contributed by atoms with Crippen molar-refractivity contribution in [2.75, 3.05) is 0 Å². The van der Waals surface area contributed by atoms with Crippen molar-refractivity contribution in [2.45, 2.75) is 38.6 Å². The normalized spacial score (nSPS) is 11.2. The topological polar surface area (TPSA) is 34.9 Å². The highest BCUT2D eigenvalue weighted by Crippen LogP contribution is 2.27. The minimum atomic E-state index is -0.0222. The van der Waals surface area contributed by atoms with E-state index in [1.165, 1.54) is 22.3 Å². The molecular weight excluding hydrogens is 376 g/mol. The first-order valence-electron chi connectivity index (χ1n) is 9.72. The standard InChI is InChI=1S/C25H24N2OS/c1-16-10-12-23(19(4)13-16)27-24(28)21-7-5-6-8-22(21)26-25(27)29-15-20-14-17(2)9-11-18(20)3/h5-14H,15H2,1-4H3. The summed E-state index contributed by atoms with van der Waals surface area (Å²) in [4.78, 5) is 18.3. The minimum absolute atomic E-state index is 0.0222. The van der Waals surface area contributed by atoms with E-state index in [1.54, 1.807) is 16.3 Å². The Morgan fingerprint density at radius 3 is 2.38 bits per heavy atom. The molecule has 0 aliphatic heterocycles. The predicted molar refractivity (Wildman–Crippen MR) is 122 cm³/mol. The maximum Gasteiger partial charge on any atom is 0.266 e. The van der Waals surface area contributed by atoms with Crippen LogP contribution in [0.4, 0.5) is 0 Å². The van der Waals surface area contributed by atoms with Crippen molar-refractivity contribution < 1.29 is 0 Å². The number of para-hydroxylation sites is 1. The first kappa shape index (κ1) is 19.5. The van der Waals surface area contributed by atoms with Crippen LogP contribution in [0.3, 0.4) is 0 Å². The van der Waals surface area contributed by atoms with Crippen LogP contribution in [0.2, 0.25) is 0 Å². The Morgan fingerprint density at radius 2 is 1.59 bits per heavy atom. The Kier molecular flexibility index (Phi) is 5.29. The van der Waals surface area contributed by atoms with Crippen molar-refractivity contribution in [1.82, 2.24) is 9.55 Å². The molecule has 0 aliphatic rings. The number of fused-ring (bicyclic) bond motifs is 1. The first-order chi connectivity index (χ1) is 13.9. The van der Waals surface area contributed by atoms with Crippen LogP contribution >= 0.6 is 11.8 Å². The molecule has 0 atom stereocenters. The van der Waals surface area contributed by atoms with Gasteiger partial charge >= 0.3 is 0 Å². The van der Waals surface area contributed by atoms with E-state index in [0.29, 0.717) is 5.39 Å². The maximum atomic E-state index is 13.4. The number of thioether (sulfide) groups is 1. The molecule has 29 heavy (non-hydrogen) atoms. The van der Waals surface area contributed by atoms with Crippen molar-refractivity contribution in [2.24, 2.45) is 0 Å². The van der Waals surface area contributed by atoms with E-state index in [9.17, 15) is 4.79 Å². The van der Waals surface area contributed by atoms with Crippen molar-refractivity contribution in [3.05, 3.63) is 98.8 Å². The molecule has 0 unspecified atom stereocenters. The summed E-state index contributed by atoms with van der Waals surface area (Å²) in [5.74, 6) is 0.767. The van der Waals surface area contributed by atoms with Crippen LogP contribution in [0.5, 0.6) is 0 Å². The summed E-state index contributed by atoms with van der Waals surface area (Å²) in [6, 6.07) is 20.2. The summed E-state index contributed by atoms with van der Waals surface area (Å²) in [5.41, 5.74) is 7.61. The van der Waals surface area contributed by atoms with E-state index in [0.717, 1.165) is 27.7 Å². The summed E-state index contributed by atoms with van der Waals surface area (Å²) in [5, 5.41) is 1.37. The molecule has 0 fully saturated rings. The van der Waals surface area contributed by atoms with E-state index in [2.05, 4.69) is 45.0 Å². The number of hydrogen-bond donors (Lipinski definition) is 0. The van der Waals surface area contributed by atoms with Crippen molar-refractivity contribution in [3.63, 3.8) is 0 Å². The quantitative estimate of drug-likeness (QED) is 0.315. The number of benzene rings is 3. The summed E-state index contributed by atoms with van der Waals surface area (Å²) in [6.07, 6.45) is 0. The third-order valence-electron chi connectivity index (χ3n) is 5.20. The van der Waals surface area contributed by atoms with Gasteiger partial charge in [-0.3, -0.25) is 9.36 Å². The molecular formula is C25H24N2OS. The molecule has 4 heteroatoms. The van der Waals surface area contributed by atoms with Gasteiger partial charge in [0, 0.05) is 5.75 Å². The molecule has 0 spiro atoms. The predicted octanol–water partition coefficient (Wildman–Crippen LogP) is 5.91. The van der Waals surface area contributed by atoms with Crippen LogP contribution < -0.4 is 5.56 Å².